The van der Waals surface area contributed by atoms with Crippen LogP contribution in [-0.2, 0) is 4.79 Å². The maximum atomic E-state index is 11.1. The van der Waals surface area contributed by atoms with Gasteiger partial charge < -0.3 is 10.4 Å². The van der Waals surface area contributed by atoms with Gasteiger partial charge in [-0.05, 0) is 44.4 Å². The smallest absolute Gasteiger partial charge is 0.317 e. The summed E-state index contributed by atoms with van der Waals surface area (Å²) < 4.78 is 4.57. The summed E-state index contributed by atoms with van der Waals surface area (Å²) in [6.07, 6.45) is 11.0. The summed E-state index contributed by atoms with van der Waals surface area (Å²) >= 11 is 1.48. The van der Waals surface area contributed by atoms with Crippen LogP contribution < -0.4 is 5.32 Å². The molecule has 138 valence electrons. The van der Waals surface area contributed by atoms with Crippen LogP contribution in [0.1, 0.15) is 69.5 Å². The Balaban J connectivity index is 1.26. The van der Waals surface area contributed by atoms with E-state index < -0.39 is 5.97 Å². The predicted molar refractivity (Wildman–Crippen MR) is 98.1 cm³/mol. The fraction of sp³-hybridized carbons (Fsp3) is 0.833. The third-order valence-corrected chi connectivity index (χ3v) is 6.56. The maximum absolute atomic E-state index is 11.1. The van der Waals surface area contributed by atoms with Crippen LogP contribution in [0.5, 0.6) is 0 Å². The molecule has 1 aromatic rings. The normalized spacial score (nSPS) is 27.2. The van der Waals surface area contributed by atoms with Gasteiger partial charge in [-0.15, -0.1) is 0 Å². The third kappa shape index (κ3) is 4.50. The molecule has 1 heterocycles. The Morgan fingerprint density at radius 2 is 1.96 bits per heavy atom. The summed E-state index contributed by atoms with van der Waals surface area (Å²) in [5.41, 5.74) is 0. The van der Waals surface area contributed by atoms with Crippen molar-refractivity contribution in [1.82, 2.24) is 14.3 Å². The minimum absolute atomic E-state index is 0.179. The number of carboxylic acids is 1. The Kier molecular flexibility index (Phi) is 5.22. The monoisotopic (exact) mass is 364 g/mol. The topological polar surface area (TPSA) is 78.4 Å². The molecule has 4 rings (SSSR count). The minimum atomic E-state index is -0.710. The number of carbonyl (C=O) groups is 1. The van der Waals surface area contributed by atoms with Crippen LogP contribution in [0.3, 0.4) is 0 Å². The van der Waals surface area contributed by atoms with Crippen LogP contribution in [0, 0.1) is 5.92 Å². The molecule has 3 aliphatic carbocycles. The second-order valence-corrected chi connectivity index (χ2v) is 8.78. The van der Waals surface area contributed by atoms with Gasteiger partial charge in [0.1, 0.15) is 5.82 Å². The van der Waals surface area contributed by atoms with Gasteiger partial charge in [0, 0.05) is 36.1 Å². The van der Waals surface area contributed by atoms with Crippen molar-refractivity contribution >= 4 is 22.6 Å². The molecule has 1 aromatic heterocycles. The molecule has 0 saturated heterocycles. The Morgan fingerprint density at radius 3 is 2.64 bits per heavy atom. The Bertz CT molecular complexity index is 592. The molecule has 25 heavy (non-hydrogen) atoms. The van der Waals surface area contributed by atoms with Crippen LogP contribution in [0.15, 0.2) is 0 Å². The van der Waals surface area contributed by atoms with Gasteiger partial charge in [-0.1, -0.05) is 19.3 Å². The Labute approximate surface area is 153 Å². The van der Waals surface area contributed by atoms with Crippen molar-refractivity contribution in [1.29, 1.82) is 0 Å². The van der Waals surface area contributed by atoms with E-state index in [-0.39, 0.29) is 6.54 Å². The average Bonchev–Trinajstić information content (AvgIpc) is 3.25. The fourth-order valence-electron chi connectivity index (χ4n) is 4.15. The van der Waals surface area contributed by atoms with Crippen molar-refractivity contribution in [2.75, 3.05) is 18.4 Å². The van der Waals surface area contributed by atoms with E-state index >= 15 is 0 Å². The summed E-state index contributed by atoms with van der Waals surface area (Å²) in [6.45, 7) is 1.13. The highest BCUT2D eigenvalue weighted by Gasteiger charge is 2.37. The van der Waals surface area contributed by atoms with Crippen molar-refractivity contribution in [3.63, 3.8) is 0 Å². The molecule has 0 aliphatic heterocycles. The fourth-order valence-corrected chi connectivity index (χ4v) is 4.87. The van der Waals surface area contributed by atoms with E-state index in [1.165, 1.54) is 56.5 Å². The number of aromatic nitrogens is 2. The molecular weight excluding hydrogens is 336 g/mol. The van der Waals surface area contributed by atoms with E-state index in [1.807, 2.05) is 0 Å². The largest absolute Gasteiger partial charge is 0.480 e. The van der Waals surface area contributed by atoms with Crippen molar-refractivity contribution in [2.45, 2.75) is 75.8 Å². The summed E-state index contributed by atoms with van der Waals surface area (Å²) in [6, 6.07) is 0.813. The van der Waals surface area contributed by atoms with Crippen LogP contribution in [0.2, 0.25) is 0 Å². The van der Waals surface area contributed by atoms with Gasteiger partial charge in [-0.2, -0.15) is 4.37 Å². The molecule has 0 bridgehead atoms. The number of carboxylic acid groups (broad SMARTS) is 1. The molecule has 3 aliphatic rings. The van der Waals surface area contributed by atoms with Gasteiger partial charge >= 0.3 is 5.97 Å². The first kappa shape index (κ1) is 17.2. The lowest BCUT2D eigenvalue weighted by Crippen LogP contribution is -2.52. The molecular formula is C18H28N4O2S. The molecule has 0 unspecified atom stereocenters. The van der Waals surface area contributed by atoms with Gasteiger partial charge in [-0.25, -0.2) is 4.98 Å². The zero-order valence-corrected chi connectivity index (χ0v) is 15.5. The molecule has 0 spiro atoms. The van der Waals surface area contributed by atoms with Gasteiger partial charge in [-0.3, -0.25) is 9.69 Å². The number of rotatable bonds is 8. The lowest BCUT2D eigenvalue weighted by molar-refractivity contribution is -0.139. The second-order valence-electron chi connectivity index (χ2n) is 8.03. The van der Waals surface area contributed by atoms with E-state index in [1.54, 1.807) is 0 Å². The number of anilines is 1. The Morgan fingerprint density at radius 1 is 1.20 bits per heavy atom. The van der Waals surface area contributed by atoms with Crippen LogP contribution in [0.4, 0.5) is 5.13 Å². The molecule has 0 amide bonds. The summed E-state index contributed by atoms with van der Waals surface area (Å²) in [4.78, 5) is 18.0. The van der Waals surface area contributed by atoms with Crippen LogP contribution in [0.25, 0.3) is 0 Å². The molecule has 3 fully saturated rings. The number of nitrogens with zero attached hydrogens (tertiary/aromatic N) is 3. The summed E-state index contributed by atoms with van der Waals surface area (Å²) in [5.74, 6) is 1.61. The first-order valence-corrected chi connectivity index (χ1v) is 10.5. The van der Waals surface area contributed by atoms with E-state index in [9.17, 15) is 4.79 Å². The summed E-state index contributed by atoms with van der Waals surface area (Å²) in [7, 11) is 0. The van der Waals surface area contributed by atoms with Crippen LogP contribution >= 0.6 is 11.5 Å². The molecule has 6 nitrogen and oxygen atoms in total. The van der Waals surface area contributed by atoms with E-state index in [4.69, 9.17) is 10.1 Å². The van der Waals surface area contributed by atoms with E-state index in [0.29, 0.717) is 18.0 Å². The van der Waals surface area contributed by atoms with Gasteiger partial charge in [0.15, 0.2) is 0 Å². The van der Waals surface area contributed by atoms with Gasteiger partial charge in [0.25, 0.3) is 0 Å². The average molecular weight is 365 g/mol. The standard InChI is InChI=1S/C18H28N4O2S/c23-16(24)11-22(10-12-6-7-12)15-8-14(9-15)19-18-20-17(21-25-18)13-4-2-1-3-5-13/h12-15H,1-11H2,(H,23,24)(H,19,20,21). The Hall–Kier alpha value is -1.21. The van der Waals surface area contributed by atoms with Gasteiger partial charge in [0.05, 0.1) is 6.54 Å². The second kappa shape index (κ2) is 7.58. The van der Waals surface area contributed by atoms with Crippen molar-refractivity contribution in [2.24, 2.45) is 5.92 Å². The van der Waals surface area contributed by atoms with E-state index in [0.717, 1.165) is 36.3 Å². The number of aliphatic carboxylic acids is 1. The first-order valence-electron chi connectivity index (χ1n) is 9.73. The predicted octanol–water partition coefficient (Wildman–Crippen LogP) is 3.33. The summed E-state index contributed by atoms with van der Waals surface area (Å²) in [5, 5.41) is 13.6. The molecule has 0 atom stereocenters. The van der Waals surface area contributed by atoms with E-state index in [2.05, 4.69) is 14.6 Å². The number of nitrogens with one attached hydrogen (secondary N) is 1. The van der Waals surface area contributed by atoms with Crippen molar-refractivity contribution in [3.8, 4) is 0 Å². The zero-order chi connectivity index (χ0) is 17.2. The molecule has 7 heteroatoms. The van der Waals surface area contributed by atoms with Crippen molar-refractivity contribution in [3.05, 3.63) is 5.82 Å². The molecule has 2 N–H and O–H groups in total. The highest BCUT2D eigenvalue weighted by molar-refractivity contribution is 7.09. The van der Waals surface area contributed by atoms with Crippen LogP contribution in [-0.4, -0.2) is 50.5 Å². The minimum Gasteiger partial charge on any atom is -0.480 e. The third-order valence-electron chi connectivity index (χ3n) is 5.90. The SMILES string of the molecule is O=C(O)CN(CC1CC1)C1CC(Nc2nc(C3CCCCC3)ns2)C1. The zero-order valence-electron chi connectivity index (χ0n) is 14.7. The molecule has 3 saturated carbocycles. The van der Waals surface area contributed by atoms with Gasteiger partial charge in [0.2, 0.25) is 5.13 Å². The lowest BCUT2D eigenvalue weighted by atomic mass is 9.85. The van der Waals surface area contributed by atoms with Crippen molar-refractivity contribution < 1.29 is 9.90 Å². The number of hydrogen-bond acceptors (Lipinski definition) is 6. The lowest BCUT2D eigenvalue weighted by Gasteiger charge is -2.42. The molecule has 0 radical (unpaired) electrons. The quantitative estimate of drug-likeness (QED) is 0.737. The highest BCUT2D eigenvalue weighted by atomic mass is 32.1. The maximum Gasteiger partial charge on any atom is 0.317 e. The molecule has 0 aromatic carbocycles. The highest BCUT2D eigenvalue weighted by Crippen LogP contribution is 2.36. The first-order chi connectivity index (χ1) is 12.2. The number of hydrogen-bond donors (Lipinski definition) is 2.